The number of primary amides is 1. The van der Waals surface area contributed by atoms with Crippen molar-refractivity contribution in [3.8, 4) is 0 Å². The summed E-state index contributed by atoms with van der Waals surface area (Å²) in [5.41, 5.74) is 5.89. The Labute approximate surface area is 115 Å². The number of carbonyl (C=O) groups is 2. The Balaban J connectivity index is 2.25. The van der Waals surface area contributed by atoms with E-state index in [-0.39, 0.29) is 5.91 Å². The minimum atomic E-state index is -0.572. The highest BCUT2D eigenvalue weighted by Crippen LogP contribution is 2.24. The molecule has 0 aliphatic carbocycles. The lowest BCUT2D eigenvalue weighted by atomic mass is 10.2. The number of halogens is 1. The van der Waals surface area contributed by atoms with E-state index in [1.165, 1.54) is 11.3 Å². The Morgan fingerprint density at radius 2 is 2.11 bits per heavy atom. The molecule has 0 saturated heterocycles. The second kappa shape index (κ2) is 5.28. The van der Waals surface area contributed by atoms with Gasteiger partial charge in [-0.15, -0.1) is 11.3 Å². The summed E-state index contributed by atoms with van der Waals surface area (Å²) in [4.78, 5) is 27.1. The molecular formula is C11H8BrN3O2S. The van der Waals surface area contributed by atoms with Crippen molar-refractivity contribution in [2.75, 3.05) is 5.32 Å². The zero-order chi connectivity index (χ0) is 13.1. The molecule has 18 heavy (non-hydrogen) atoms. The van der Waals surface area contributed by atoms with Crippen molar-refractivity contribution in [3.63, 3.8) is 0 Å². The first-order chi connectivity index (χ1) is 8.59. The summed E-state index contributed by atoms with van der Waals surface area (Å²) in [5, 5.41) is 4.76. The van der Waals surface area contributed by atoms with Crippen LogP contribution >= 0.6 is 27.3 Å². The molecule has 5 nitrogen and oxygen atoms in total. The molecule has 0 aliphatic rings. The third kappa shape index (κ3) is 2.57. The maximum Gasteiger partial charge on any atom is 0.259 e. The summed E-state index contributed by atoms with van der Waals surface area (Å²) < 4.78 is 0.444. The first-order valence-electron chi connectivity index (χ1n) is 4.88. The van der Waals surface area contributed by atoms with Crippen LogP contribution in [0.25, 0.3) is 0 Å². The maximum atomic E-state index is 12.0. The topological polar surface area (TPSA) is 85.1 Å². The van der Waals surface area contributed by atoms with Crippen molar-refractivity contribution in [1.82, 2.24) is 4.98 Å². The SMILES string of the molecule is NC(=O)c1ccsc1NC(=O)c1cccnc1Br. The minimum Gasteiger partial charge on any atom is -0.366 e. The molecule has 0 radical (unpaired) electrons. The van der Waals surface area contributed by atoms with Gasteiger partial charge in [0, 0.05) is 6.20 Å². The van der Waals surface area contributed by atoms with Gasteiger partial charge in [0.25, 0.3) is 11.8 Å². The molecule has 0 spiro atoms. The predicted molar refractivity (Wildman–Crippen MR) is 72.7 cm³/mol. The number of carbonyl (C=O) groups excluding carboxylic acids is 2. The Hall–Kier alpha value is -1.73. The molecule has 2 amide bonds. The number of nitrogens with two attached hydrogens (primary N) is 1. The van der Waals surface area contributed by atoms with Crippen molar-refractivity contribution in [1.29, 1.82) is 0 Å². The Bertz CT molecular complexity index is 612. The van der Waals surface area contributed by atoms with Crippen LogP contribution in [0.4, 0.5) is 5.00 Å². The quantitative estimate of drug-likeness (QED) is 0.849. The lowest BCUT2D eigenvalue weighted by molar-refractivity contribution is 0.100. The molecular weight excluding hydrogens is 318 g/mol. The molecule has 7 heteroatoms. The number of anilines is 1. The first-order valence-corrected chi connectivity index (χ1v) is 6.56. The van der Waals surface area contributed by atoms with Gasteiger partial charge in [-0.25, -0.2) is 4.98 Å². The number of amides is 2. The second-order valence-corrected chi connectivity index (χ2v) is 4.99. The number of hydrogen-bond donors (Lipinski definition) is 2. The van der Waals surface area contributed by atoms with Gasteiger partial charge in [0.05, 0.1) is 11.1 Å². The van der Waals surface area contributed by atoms with Crippen LogP contribution in [-0.4, -0.2) is 16.8 Å². The van der Waals surface area contributed by atoms with Crippen molar-refractivity contribution in [2.45, 2.75) is 0 Å². The average Bonchev–Trinajstić information content (AvgIpc) is 2.77. The Morgan fingerprint density at radius 1 is 1.33 bits per heavy atom. The summed E-state index contributed by atoms with van der Waals surface area (Å²) in [6.07, 6.45) is 1.57. The third-order valence-electron chi connectivity index (χ3n) is 2.16. The second-order valence-electron chi connectivity index (χ2n) is 3.32. The van der Waals surface area contributed by atoms with E-state index in [1.807, 2.05) is 0 Å². The van der Waals surface area contributed by atoms with Gasteiger partial charge in [-0.3, -0.25) is 9.59 Å². The minimum absolute atomic E-state index is 0.299. The standard InChI is InChI=1S/C11H8BrN3O2S/c12-8-6(2-1-4-14-8)10(17)15-11-7(9(13)16)3-5-18-11/h1-5H,(H2,13,16)(H,15,17). The van der Waals surface area contributed by atoms with Crippen LogP contribution in [0.2, 0.25) is 0 Å². The molecule has 0 unspecified atom stereocenters. The van der Waals surface area contributed by atoms with Crippen LogP contribution in [0.5, 0.6) is 0 Å². The van der Waals surface area contributed by atoms with E-state index in [1.54, 1.807) is 29.8 Å². The molecule has 0 aliphatic heterocycles. The Morgan fingerprint density at radius 3 is 2.78 bits per heavy atom. The van der Waals surface area contributed by atoms with Gasteiger partial charge in [-0.05, 0) is 39.5 Å². The van der Waals surface area contributed by atoms with E-state index in [0.717, 1.165) is 0 Å². The fourth-order valence-electron chi connectivity index (χ4n) is 1.33. The summed E-state index contributed by atoms with van der Waals surface area (Å²) in [6, 6.07) is 4.86. The van der Waals surface area contributed by atoms with Crippen LogP contribution in [0.15, 0.2) is 34.4 Å². The molecule has 0 bridgehead atoms. The molecule has 0 aromatic carbocycles. The van der Waals surface area contributed by atoms with Crippen LogP contribution in [0.1, 0.15) is 20.7 Å². The molecule has 2 aromatic heterocycles. The van der Waals surface area contributed by atoms with Crippen LogP contribution < -0.4 is 11.1 Å². The third-order valence-corrected chi connectivity index (χ3v) is 3.62. The number of nitrogens with zero attached hydrogens (tertiary/aromatic N) is 1. The van der Waals surface area contributed by atoms with Crippen LogP contribution in [-0.2, 0) is 0 Å². The highest BCUT2D eigenvalue weighted by Gasteiger charge is 2.15. The number of aromatic nitrogens is 1. The molecule has 2 rings (SSSR count). The van der Waals surface area contributed by atoms with Crippen molar-refractivity contribution in [3.05, 3.63) is 45.5 Å². The van der Waals surface area contributed by atoms with Crippen molar-refractivity contribution < 1.29 is 9.59 Å². The van der Waals surface area contributed by atoms with Gasteiger partial charge in [0.2, 0.25) is 0 Å². The number of pyridine rings is 1. The normalized spacial score (nSPS) is 10.1. The predicted octanol–water partition coefficient (Wildman–Crippen LogP) is 2.26. The number of hydrogen-bond acceptors (Lipinski definition) is 4. The molecule has 2 heterocycles. The summed E-state index contributed by atoms with van der Waals surface area (Å²) >= 11 is 4.43. The molecule has 2 aromatic rings. The van der Waals surface area contributed by atoms with Gasteiger partial charge < -0.3 is 11.1 Å². The average molecular weight is 326 g/mol. The van der Waals surface area contributed by atoms with Crippen LogP contribution in [0, 0.1) is 0 Å². The van der Waals surface area contributed by atoms with Gasteiger partial charge in [0.1, 0.15) is 9.60 Å². The van der Waals surface area contributed by atoms with E-state index in [9.17, 15) is 9.59 Å². The molecule has 0 fully saturated rings. The van der Waals surface area contributed by atoms with Gasteiger partial charge in [-0.1, -0.05) is 0 Å². The van der Waals surface area contributed by atoms with Crippen LogP contribution in [0.3, 0.4) is 0 Å². The summed E-state index contributed by atoms with van der Waals surface area (Å²) in [6.45, 7) is 0. The molecule has 0 saturated carbocycles. The van der Waals surface area contributed by atoms with Gasteiger partial charge >= 0.3 is 0 Å². The highest BCUT2D eigenvalue weighted by atomic mass is 79.9. The van der Waals surface area contributed by atoms with E-state index >= 15 is 0 Å². The zero-order valence-corrected chi connectivity index (χ0v) is 11.4. The zero-order valence-electron chi connectivity index (χ0n) is 9.01. The fourth-order valence-corrected chi connectivity index (χ4v) is 2.54. The lowest BCUT2D eigenvalue weighted by Gasteiger charge is -2.05. The van der Waals surface area contributed by atoms with Crippen molar-refractivity contribution >= 4 is 44.1 Å². The first kappa shape index (κ1) is 12.7. The van der Waals surface area contributed by atoms with E-state index in [2.05, 4.69) is 26.2 Å². The summed E-state index contributed by atoms with van der Waals surface area (Å²) in [5.74, 6) is -0.920. The number of thiophene rings is 1. The number of rotatable bonds is 3. The van der Waals surface area contributed by atoms with Crippen molar-refractivity contribution in [2.24, 2.45) is 5.73 Å². The van der Waals surface area contributed by atoms with E-state index < -0.39 is 5.91 Å². The van der Waals surface area contributed by atoms with E-state index in [0.29, 0.717) is 20.7 Å². The number of nitrogens with one attached hydrogen (secondary N) is 1. The largest absolute Gasteiger partial charge is 0.366 e. The molecule has 92 valence electrons. The molecule has 3 N–H and O–H groups in total. The maximum absolute atomic E-state index is 12.0. The highest BCUT2D eigenvalue weighted by molar-refractivity contribution is 9.10. The Kier molecular flexibility index (Phi) is 3.73. The fraction of sp³-hybridized carbons (Fsp3) is 0. The smallest absolute Gasteiger partial charge is 0.259 e. The van der Waals surface area contributed by atoms with E-state index in [4.69, 9.17) is 5.73 Å². The lowest BCUT2D eigenvalue weighted by Crippen LogP contribution is -2.17. The van der Waals surface area contributed by atoms with Gasteiger partial charge in [0.15, 0.2) is 0 Å². The summed E-state index contributed by atoms with van der Waals surface area (Å²) in [7, 11) is 0. The molecule has 0 atom stereocenters. The van der Waals surface area contributed by atoms with Gasteiger partial charge in [-0.2, -0.15) is 0 Å². The monoisotopic (exact) mass is 325 g/mol.